The van der Waals surface area contributed by atoms with Gasteiger partial charge in [-0.1, -0.05) is 36.4 Å². The Balaban J connectivity index is 0.00000144. The standard InChI is InChI=1S/C25H26N4O2S.Mg.2H/c1-18-23(17-32(30)25-27-21-8-4-5-9-22(21)28-25)26-12-10-24(18)31-15-14-29-13-11-19-6-2-3-7-20(19)16-29;;;/h2-10,12H,11,13-17H2,1H3,(H,27,28);;;/q;+2;2*-1. The fourth-order valence-electron chi connectivity index (χ4n) is 4.12. The van der Waals surface area contributed by atoms with E-state index in [1.54, 1.807) is 6.20 Å². The first-order chi connectivity index (χ1) is 15.7. The second kappa shape index (κ2) is 10.8. The molecular formula is C25H28MgN4O2S. The summed E-state index contributed by atoms with van der Waals surface area (Å²) in [5, 5.41) is 0.476. The number of fused-ring (bicyclic) bond motifs is 2. The Hall–Kier alpha value is -2.26. The van der Waals surface area contributed by atoms with Crippen LogP contribution in [0.3, 0.4) is 0 Å². The number of aromatic nitrogens is 3. The van der Waals surface area contributed by atoms with Crippen molar-refractivity contribution in [2.45, 2.75) is 30.8 Å². The molecular weight excluding hydrogens is 445 g/mol. The molecule has 0 spiro atoms. The van der Waals surface area contributed by atoms with Crippen LogP contribution < -0.4 is 4.74 Å². The van der Waals surface area contributed by atoms with Gasteiger partial charge < -0.3 is 12.6 Å². The van der Waals surface area contributed by atoms with Gasteiger partial charge in [0, 0.05) is 31.4 Å². The van der Waals surface area contributed by atoms with Crippen LogP contribution in [0.2, 0.25) is 0 Å². The van der Waals surface area contributed by atoms with E-state index in [4.69, 9.17) is 4.74 Å². The Morgan fingerprint density at radius 2 is 1.91 bits per heavy atom. The zero-order chi connectivity index (χ0) is 21.9. The molecule has 0 saturated heterocycles. The molecule has 8 heteroatoms. The van der Waals surface area contributed by atoms with Crippen molar-refractivity contribution >= 4 is 44.9 Å². The van der Waals surface area contributed by atoms with E-state index >= 15 is 0 Å². The molecule has 0 bridgehead atoms. The van der Waals surface area contributed by atoms with Crippen LogP contribution in [-0.2, 0) is 29.5 Å². The van der Waals surface area contributed by atoms with Crippen molar-refractivity contribution < 1.29 is 11.8 Å². The van der Waals surface area contributed by atoms with Crippen LogP contribution in [-0.4, -0.2) is 66.8 Å². The molecule has 0 fully saturated rings. The number of ether oxygens (including phenoxy) is 1. The first-order valence-corrected chi connectivity index (χ1v) is 12.2. The molecule has 1 atom stereocenters. The predicted octanol–water partition coefficient (Wildman–Crippen LogP) is 3.86. The van der Waals surface area contributed by atoms with Crippen molar-refractivity contribution in [3.8, 4) is 5.75 Å². The minimum atomic E-state index is -1.31. The molecule has 2 aromatic carbocycles. The summed E-state index contributed by atoms with van der Waals surface area (Å²) in [6, 6.07) is 18.2. The van der Waals surface area contributed by atoms with Gasteiger partial charge in [-0.05, 0) is 42.7 Å². The molecule has 6 nitrogen and oxygen atoms in total. The van der Waals surface area contributed by atoms with Gasteiger partial charge in [-0.25, -0.2) is 4.98 Å². The van der Waals surface area contributed by atoms with Gasteiger partial charge in [-0.3, -0.25) is 14.1 Å². The second-order valence-corrected chi connectivity index (χ2v) is 9.44. The molecule has 33 heavy (non-hydrogen) atoms. The number of nitrogens with zero attached hydrogens (tertiary/aromatic N) is 3. The van der Waals surface area contributed by atoms with E-state index in [-0.39, 0.29) is 25.9 Å². The SMILES string of the molecule is Cc1c(OCCN2CCc3ccccc3C2)ccnc1CS(=O)c1nc2ccccc2[nH]1.[H-].[H-].[Mg+2]. The van der Waals surface area contributed by atoms with Crippen LogP contribution >= 0.6 is 0 Å². The fourth-order valence-corrected chi connectivity index (χ4v) is 5.22. The van der Waals surface area contributed by atoms with Gasteiger partial charge >= 0.3 is 23.1 Å². The number of nitrogens with one attached hydrogen (secondary N) is 1. The van der Waals surface area contributed by atoms with Crippen molar-refractivity contribution in [3.05, 3.63) is 83.2 Å². The number of imidazole rings is 1. The zero-order valence-electron chi connectivity index (χ0n) is 20.8. The molecule has 2 aromatic heterocycles. The van der Waals surface area contributed by atoms with E-state index in [9.17, 15) is 4.21 Å². The molecule has 1 unspecified atom stereocenters. The minimum Gasteiger partial charge on any atom is -1.00 e. The summed E-state index contributed by atoms with van der Waals surface area (Å²) >= 11 is 0. The van der Waals surface area contributed by atoms with E-state index in [1.165, 1.54) is 11.1 Å². The number of hydrogen-bond donors (Lipinski definition) is 1. The summed E-state index contributed by atoms with van der Waals surface area (Å²) in [5.74, 6) is 1.10. The quantitative estimate of drug-likeness (QED) is 0.414. The van der Waals surface area contributed by atoms with E-state index in [0.29, 0.717) is 17.5 Å². The number of para-hydroxylation sites is 2. The monoisotopic (exact) mass is 472 g/mol. The third-order valence-corrected chi connectivity index (χ3v) is 7.14. The van der Waals surface area contributed by atoms with Gasteiger partial charge in [-0.15, -0.1) is 0 Å². The van der Waals surface area contributed by atoms with Crippen LogP contribution in [0.4, 0.5) is 0 Å². The normalized spacial score (nSPS) is 14.5. The van der Waals surface area contributed by atoms with E-state index in [2.05, 4.69) is 44.1 Å². The Kier molecular flexibility index (Phi) is 7.80. The molecule has 4 aromatic rings. The molecule has 0 aliphatic carbocycles. The molecule has 1 aliphatic heterocycles. The number of aromatic amines is 1. The Morgan fingerprint density at radius 3 is 2.76 bits per heavy atom. The molecule has 5 rings (SSSR count). The average molecular weight is 473 g/mol. The van der Waals surface area contributed by atoms with E-state index in [1.807, 2.05) is 37.3 Å². The number of rotatable bonds is 7. The number of benzene rings is 2. The van der Waals surface area contributed by atoms with E-state index in [0.717, 1.165) is 54.1 Å². The summed E-state index contributed by atoms with van der Waals surface area (Å²) in [6.07, 6.45) is 2.81. The summed E-state index contributed by atoms with van der Waals surface area (Å²) in [4.78, 5) is 14.5. The maximum Gasteiger partial charge on any atom is 2.00 e. The zero-order valence-corrected chi connectivity index (χ0v) is 21.0. The maximum atomic E-state index is 12.9. The molecule has 0 amide bonds. The van der Waals surface area contributed by atoms with Crippen LogP contribution in [0.15, 0.2) is 66.0 Å². The van der Waals surface area contributed by atoms with Crippen molar-refractivity contribution in [3.63, 3.8) is 0 Å². The number of hydrogen-bond acceptors (Lipinski definition) is 5. The molecule has 0 saturated carbocycles. The predicted molar refractivity (Wildman–Crippen MR) is 134 cm³/mol. The van der Waals surface area contributed by atoms with Gasteiger partial charge in [0.05, 0.1) is 33.3 Å². The molecule has 1 N–H and O–H groups in total. The third kappa shape index (κ3) is 5.46. The first kappa shape index (κ1) is 23.9. The van der Waals surface area contributed by atoms with Crippen molar-refractivity contribution in [1.29, 1.82) is 0 Å². The summed E-state index contributed by atoms with van der Waals surface area (Å²) in [7, 11) is -1.31. The number of pyridine rings is 1. The summed E-state index contributed by atoms with van der Waals surface area (Å²) in [6.45, 7) is 5.48. The molecule has 1 aliphatic rings. The smallest absolute Gasteiger partial charge is 1.00 e. The van der Waals surface area contributed by atoms with Gasteiger partial charge in [-0.2, -0.15) is 0 Å². The van der Waals surface area contributed by atoms with Crippen LogP contribution in [0, 0.1) is 6.92 Å². The van der Waals surface area contributed by atoms with Crippen molar-refractivity contribution in [2.24, 2.45) is 0 Å². The van der Waals surface area contributed by atoms with Crippen molar-refractivity contribution in [2.75, 3.05) is 19.7 Å². The Morgan fingerprint density at radius 1 is 1.12 bits per heavy atom. The largest absolute Gasteiger partial charge is 2.00 e. The Labute approximate surface area is 215 Å². The van der Waals surface area contributed by atoms with Gasteiger partial charge in [0.25, 0.3) is 0 Å². The van der Waals surface area contributed by atoms with Gasteiger partial charge in [0.1, 0.15) is 12.4 Å². The Bertz CT molecular complexity index is 1250. The number of H-pyrrole nitrogens is 1. The maximum absolute atomic E-state index is 12.9. The molecule has 168 valence electrons. The second-order valence-electron chi connectivity index (χ2n) is 8.07. The van der Waals surface area contributed by atoms with Gasteiger partial charge in [0.15, 0.2) is 5.16 Å². The van der Waals surface area contributed by atoms with Crippen molar-refractivity contribution in [1.82, 2.24) is 19.9 Å². The van der Waals surface area contributed by atoms with Crippen LogP contribution in [0.1, 0.15) is 25.2 Å². The van der Waals surface area contributed by atoms with E-state index < -0.39 is 10.8 Å². The fraction of sp³-hybridized carbons (Fsp3) is 0.280. The van der Waals surface area contributed by atoms with Gasteiger partial charge in [0.2, 0.25) is 0 Å². The summed E-state index contributed by atoms with van der Waals surface area (Å²) in [5.41, 5.74) is 6.27. The molecule has 0 radical (unpaired) electrons. The van der Waals surface area contributed by atoms with Crippen LogP contribution in [0.5, 0.6) is 5.75 Å². The molecule has 3 heterocycles. The minimum absolute atomic E-state index is 0. The average Bonchev–Trinajstić information content (AvgIpc) is 3.26. The van der Waals surface area contributed by atoms with Crippen LogP contribution in [0.25, 0.3) is 11.0 Å². The third-order valence-electron chi connectivity index (χ3n) is 5.98. The first-order valence-electron chi connectivity index (χ1n) is 10.9. The summed E-state index contributed by atoms with van der Waals surface area (Å²) < 4.78 is 19.0. The topological polar surface area (TPSA) is 71.1 Å².